The van der Waals surface area contributed by atoms with Gasteiger partial charge in [0, 0.05) is 41.8 Å². The third-order valence-electron chi connectivity index (χ3n) is 5.21. The number of allylic oxidation sites excluding steroid dienone is 2. The maximum absolute atomic E-state index is 13.0. The lowest BCUT2D eigenvalue weighted by atomic mass is 9.77. The molecule has 0 bridgehead atoms. The maximum atomic E-state index is 13.0. The molecule has 0 fully saturated rings. The number of anilines is 1. The maximum Gasteiger partial charge on any atom is 0.257 e. The second-order valence-electron chi connectivity index (χ2n) is 7.67. The number of carbonyl (C=O) groups excluding carboxylic acids is 1. The second-order valence-corrected chi connectivity index (χ2v) is 8.76. The molecule has 3 heterocycles. The van der Waals surface area contributed by atoms with E-state index in [0.717, 1.165) is 36.3 Å². The highest BCUT2D eigenvalue weighted by molar-refractivity contribution is 7.99. The molecule has 2 aromatic rings. The molecule has 7 heteroatoms. The average molecular weight is 397 g/mol. The number of hydrogen-bond donors (Lipinski definition) is 2. The number of fused-ring (bicyclic) bond motifs is 1. The van der Waals surface area contributed by atoms with Gasteiger partial charge in [-0.05, 0) is 42.9 Å². The number of nitrogens with one attached hydrogen (secondary N) is 2. The van der Waals surface area contributed by atoms with E-state index < -0.39 is 5.92 Å². The Balaban J connectivity index is 1.79. The lowest BCUT2D eigenvalue weighted by Crippen LogP contribution is -2.32. The summed E-state index contributed by atoms with van der Waals surface area (Å²) in [5.41, 5.74) is 2.84. The Labute approximate surface area is 168 Å². The summed E-state index contributed by atoms with van der Waals surface area (Å²) in [5, 5.41) is 3.93. The van der Waals surface area contributed by atoms with E-state index in [1.807, 2.05) is 12.1 Å². The molecule has 1 atom stereocenters. The molecule has 0 radical (unpaired) electrons. The first-order valence-corrected chi connectivity index (χ1v) is 10.7. The van der Waals surface area contributed by atoms with E-state index in [2.05, 4.69) is 29.1 Å². The summed E-state index contributed by atoms with van der Waals surface area (Å²) in [6.45, 7) is 4.36. The molecule has 1 unspecified atom stereocenters. The van der Waals surface area contributed by atoms with Crippen molar-refractivity contribution in [1.82, 2.24) is 15.0 Å². The third-order valence-corrected chi connectivity index (χ3v) is 6.12. The molecular formula is C21H24N4O2S. The van der Waals surface area contributed by atoms with E-state index in [-0.39, 0.29) is 11.3 Å². The van der Waals surface area contributed by atoms with Crippen molar-refractivity contribution in [3.05, 3.63) is 57.3 Å². The smallest absolute Gasteiger partial charge is 0.257 e. The fourth-order valence-corrected chi connectivity index (χ4v) is 4.89. The fraction of sp³-hybridized carbons (Fsp3) is 0.429. The molecule has 0 aromatic carbocycles. The Hall–Kier alpha value is -2.41. The molecule has 2 aromatic heterocycles. The number of aromatic nitrogens is 3. The van der Waals surface area contributed by atoms with E-state index in [9.17, 15) is 9.59 Å². The normalized spacial score (nSPS) is 18.7. The van der Waals surface area contributed by atoms with Gasteiger partial charge in [0.25, 0.3) is 5.56 Å². The van der Waals surface area contributed by atoms with Crippen LogP contribution in [0.25, 0.3) is 0 Å². The first kappa shape index (κ1) is 18.9. The molecule has 6 nitrogen and oxygen atoms in total. The zero-order valence-electron chi connectivity index (χ0n) is 16.1. The van der Waals surface area contributed by atoms with Crippen LogP contribution in [-0.2, 0) is 4.79 Å². The highest BCUT2D eigenvalue weighted by Crippen LogP contribution is 2.43. The first-order chi connectivity index (χ1) is 13.5. The van der Waals surface area contributed by atoms with Gasteiger partial charge in [-0.1, -0.05) is 25.6 Å². The molecule has 2 N–H and O–H groups in total. The Morgan fingerprint density at radius 1 is 1.21 bits per heavy atom. The molecule has 0 saturated heterocycles. The molecule has 146 valence electrons. The number of thioether (sulfide) groups is 1. The van der Waals surface area contributed by atoms with Crippen LogP contribution in [0.1, 0.15) is 56.6 Å². The van der Waals surface area contributed by atoms with E-state index in [1.54, 1.807) is 24.2 Å². The van der Waals surface area contributed by atoms with Crippen LogP contribution in [0, 0.1) is 5.92 Å². The molecule has 1 aliphatic heterocycles. The lowest BCUT2D eigenvalue weighted by Gasteiger charge is -2.32. The van der Waals surface area contributed by atoms with Gasteiger partial charge in [0.15, 0.2) is 10.9 Å². The van der Waals surface area contributed by atoms with Crippen molar-refractivity contribution >= 4 is 23.4 Å². The topological polar surface area (TPSA) is 87.7 Å². The SMILES string of the molecule is CC(C)CCSc1nc2c(c(=O)[nH]1)C(c1ccncc1)C1=C(CCCC1=O)N2. The van der Waals surface area contributed by atoms with Crippen molar-refractivity contribution < 1.29 is 4.79 Å². The van der Waals surface area contributed by atoms with E-state index in [4.69, 9.17) is 4.98 Å². The second kappa shape index (κ2) is 7.91. The Bertz CT molecular complexity index is 982. The summed E-state index contributed by atoms with van der Waals surface area (Å²) in [4.78, 5) is 37.5. The Morgan fingerprint density at radius 3 is 2.75 bits per heavy atom. The van der Waals surface area contributed by atoms with Crippen LogP contribution in [0.5, 0.6) is 0 Å². The molecule has 4 rings (SSSR count). The standard InChI is InChI=1S/C21H24N4O2S/c1-12(2)8-11-28-21-24-19-18(20(27)25-21)16(13-6-9-22-10-7-13)17-14(23-19)4-3-5-15(17)26/h6-7,9-10,12,16H,3-5,8,11H2,1-2H3,(H2,23,24,25,27). The number of pyridine rings is 1. The first-order valence-electron chi connectivity index (χ1n) is 9.74. The van der Waals surface area contributed by atoms with Crippen molar-refractivity contribution in [3.63, 3.8) is 0 Å². The number of H-pyrrole nitrogens is 1. The van der Waals surface area contributed by atoms with E-state index in [1.165, 1.54) is 0 Å². The summed E-state index contributed by atoms with van der Waals surface area (Å²) >= 11 is 1.56. The van der Waals surface area contributed by atoms with Gasteiger partial charge >= 0.3 is 0 Å². The number of carbonyl (C=O) groups is 1. The van der Waals surface area contributed by atoms with Gasteiger partial charge in [-0.25, -0.2) is 4.98 Å². The zero-order chi connectivity index (χ0) is 19.7. The van der Waals surface area contributed by atoms with Gasteiger partial charge in [0.05, 0.1) is 5.56 Å². The number of aromatic amines is 1. The van der Waals surface area contributed by atoms with Crippen LogP contribution in [0.15, 0.2) is 45.7 Å². The zero-order valence-corrected chi connectivity index (χ0v) is 16.9. The monoisotopic (exact) mass is 396 g/mol. The van der Waals surface area contributed by atoms with Crippen LogP contribution >= 0.6 is 11.8 Å². The highest BCUT2D eigenvalue weighted by Gasteiger charge is 2.37. The quantitative estimate of drug-likeness (QED) is 0.589. The molecule has 0 saturated carbocycles. The fourth-order valence-electron chi connectivity index (χ4n) is 3.79. The number of hydrogen-bond acceptors (Lipinski definition) is 6. The summed E-state index contributed by atoms with van der Waals surface area (Å²) in [5.74, 6) is 1.79. The largest absolute Gasteiger partial charge is 0.343 e. The molecular weight excluding hydrogens is 372 g/mol. The Kier molecular flexibility index (Phi) is 5.35. The van der Waals surface area contributed by atoms with Gasteiger partial charge in [-0.3, -0.25) is 14.6 Å². The van der Waals surface area contributed by atoms with Crippen LogP contribution in [0.4, 0.5) is 5.82 Å². The van der Waals surface area contributed by atoms with Crippen molar-refractivity contribution in [3.8, 4) is 0 Å². The summed E-state index contributed by atoms with van der Waals surface area (Å²) in [7, 11) is 0. The van der Waals surface area contributed by atoms with Crippen LogP contribution in [0.3, 0.4) is 0 Å². The number of nitrogens with zero attached hydrogens (tertiary/aromatic N) is 2. The molecule has 1 aliphatic carbocycles. The lowest BCUT2D eigenvalue weighted by molar-refractivity contribution is -0.116. The minimum atomic E-state index is -0.395. The van der Waals surface area contributed by atoms with Gasteiger partial charge in [0.1, 0.15) is 5.82 Å². The summed E-state index contributed by atoms with van der Waals surface area (Å²) in [6, 6.07) is 3.74. The van der Waals surface area contributed by atoms with Crippen molar-refractivity contribution in [2.75, 3.05) is 11.1 Å². The predicted octanol–water partition coefficient (Wildman–Crippen LogP) is 3.87. The van der Waals surface area contributed by atoms with E-state index >= 15 is 0 Å². The van der Waals surface area contributed by atoms with Crippen LogP contribution < -0.4 is 10.9 Å². The van der Waals surface area contributed by atoms with Gasteiger partial charge < -0.3 is 10.3 Å². The van der Waals surface area contributed by atoms with Gasteiger partial charge in [-0.2, -0.15) is 0 Å². The molecule has 2 aliphatic rings. The van der Waals surface area contributed by atoms with E-state index in [0.29, 0.717) is 34.4 Å². The van der Waals surface area contributed by atoms with Crippen molar-refractivity contribution in [2.24, 2.45) is 5.92 Å². The summed E-state index contributed by atoms with van der Waals surface area (Å²) in [6.07, 6.45) is 6.59. The minimum Gasteiger partial charge on any atom is -0.343 e. The highest BCUT2D eigenvalue weighted by atomic mass is 32.2. The molecule has 28 heavy (non-hydrogen) atoms. The molecule has 0 amide bonds. The number of Topliss-reactive ketones (excluding diaryl/α,β-unsaturated/α-hetero) is 1. The predicted molar refractivity (Wildman–Crippen MR) is 111 cm³/mol. The minimum absolute atomic E-state index is 0.107. The van der Waals surface area contributed by atoms with Crippen LogP contribution in [0.2, 0.25) is 0 Å². The Morgan fingerprint density at radius 2 is 2.00 bits per heavy atom. The summed E-state index contributed by atoms with van der Waals surface area (Å²) < 4.78 is 0. The van der Waals surface area contributed by atoms with Gasteiger partial charge in [0.2, 0.25) is 0 Å². The molecule has 0 spiro atoms. The van der Waals surface area contributed by atoms with Gasteiger partial charge in [-0.15, -0.1) is 0 Å². The van der Waals surface area contributed by atoms with Crippen molar-refractivity contribution in [2.45, 2.75) is 50.6 Å². The number of ketones is 1. The number of rotatable bonds is 5. The van der Waals surface area contributed by atoms with Crippen LogP contribution in [-0.4, -0.2) is 26.5 Å². The average Bonchev–Trinajstić information content (AvgIpc) is 2.67. The third kappa shape index (κ3) is 3.63. The van der Waals surface area contributed by atoms with Crippen molar-refractivity contribution in [1.29, 1.82) is 0 Å².